The zero-order chi connectivity index (χ0) is 12.2. The van der Waals surface area contributed by atoms with Crippen molar-refractivity contribution in [1.29, 1.82) is 0 Å². The Morgan fingerprint density at radius 3 is 2.75 bits per heavy atom. The molecule has 1 aliphatic rings. The van der Waals surface area contributed by atoms with Crippen LogP contribution in [0, 0.1) is 5.41 Å². The van der Waals surface area contributed by atoms with Crippen molar-refractivity contribution in [3.63, 3.8) is 0 Å². The molecular formula is C13H23NOS. The Morgan fingerprint density at radius 1 is 1.50 bits per heavy atom. The molecule has 1 rings (SSSR count). The van der Waals surface area contributed by atoms with E-state index < -0.39 is 0 Å². The van der Waals surface area contributed by atoms with Crippen LogP contribution in [0.3, 0.4) is 0 Å². The van der Waals surface area contributed by atoms with E-state index in [-0.39, 0.29) is 11.3 Å². The van der Waals surface area contributed by atoms with Gasteiger partial charge in [0, 0.05) is 12.0 Å². The summed E-state index contributed by atoms with van der Waals surface area (Å²) in [5, 5.41) is 0.353. The zero-order valence-electron chi connectivity index (χ0n) is 10.8. The molecule has 0 aromatic heterocycles. The van der Waals surface area contributed by atoms with Gasteiger partial charge in [-0.1, -0.05) is 40.2 Å². The molecule has 16 heavy (non-hydrogen) atoms. The van der Waals surface area contributed by atoms with E-state index in [0.29, 0.717) is 5.37 Å². The molecule has 1 amide bonds. The van der Waals surface area contributed by atoms with E-state index in [1.165, 1.54) is 0 Å². The van der Waals surface area contributed by atoms with E-state index in [2.05, 4.69) is 27.7 Å². The largest absolute Gasteiger partial charge is 0.326 e. The van der Waals surface area contributed by atoms with Crippen molar-refractivity contribution in [1.82, 2.24) is 4.90 Å². The predicted molar refractivity (Wildman–Crippen MR) is 71.5 cm³/mol. The minimum atomic E-state index is 0.119. The number of carbonyl (C=O) groups excluding carboxylic acids is 1. The Morgan fingerprint density at radius 2 is 2.19 bits per heavy atom. The SMILES string of the molecule is CCCC(SCC)N1CC(C)(C)C=CC1=O. The highest BCUT2D eigenvalue weighted by atomic mass is 32.2. The van der Waals surface area contributed by atoms with Gasteiger partial charge in [0.05, 0.1) is 5.37 Å². The molecule has 1 aliphatic heterocycles. The molecule has 0 aromatic rings. The van der Waals surface area contributed by atoms with Gasteiger partial charge >= 0.3 is 0 Å². The number of hydrogen-bond acceptors (Lipinski definition) is 2. The summed E-state index contributed by atoms with van der Waals surface area (Å²) in [6, 6.07) is 0. The van der Waals surface area contributed by atoms with Crippen molar-refractivity contribution in [2.45, 2.75) is 45.9 Å². The van der Waals surface area contributed by atoms with Crippen LogP contribution >= 0.6 is 11.8 Å². The van der Waals surface area contributed by atoms with Crippen LogP contribution in [-0.4, -0.2) is 28.5 Å². The molecular weight excluding hydrogens is 218 g/mol. The molecule has 0 saturated carbocycles. The summed E-state index contributed by atoms with van der Waals surface area (Å²) >= 11 is 1.88. The van der Waals surface area contributed by atoms with Crippen molar-refractivity contribution in [3.8, 4) is 0 Å². The fourth-order valence-corrected chi connectivity index (χ4v) is 3.12. The lowest BCUT2D eigenvalue weighted by molar-refractivity contribution is -0.128. The molecule has 92 valence electrons. The maximum Gasteiger partial charge on any atom is 0.247 e. The predicted octanol–water partition coefficient (Wildman–Crippen LogP) is 3.29. The second-order valence-electron chi connectivity index (χ2n) is 4.99. The zero-order valence-corrected chi connectivity index (χ0v) is 11.6. The highest BCUT2D eigenvalue weighted by molar-refractivity contribution is 7.99. The third-order valence-electron chi connectivity index (χ3n) is 2.78. The molecule has 0 radical (unpaired) electrons. The monoisotopic (exact) mass is 241 g/mol. The number of carbonyl (C=O) groups is 1. The Kier molecular flexibility index (Phi) is 4.90. The summed E-state index contributed by atoms with van der Waals surface area (Å²) in [5.41, 5.74) is 0.119. The standard InChI is InChI=1S/C13H23NOS/c1-5-7-12(16-6-2)14-10-13(3,4)9-8-11(14)15/h8-9,12H,5-7,10H2,1-4H3. The van der Waals surface area contributed by atoms with E-state index in [9.17, 15) is 4.79 Å². The molecule has 1 heterocycles. The Balaban J connectivity index is 2.75. The average Bonchev–Trinajstić information content (AvgIpc) is 2.22. The number of thioether (sulfide) groups is 1. The molecule has 0 aromatic carbocycles. The Hall–Kier alpha value is -0.440. The van der Waals surface area contributed by atoms with Gasteiger partial charge in [-0.25, -0.2) is 0 Å². The molecule has 0 N–H and O–H groups in total. The van der Waals surface area contributed by atoms with Crippen LogP contribution in [-0.2, 0) is 4.79 Å². The summed E-state index contributed by atoms with van der Waals surface area (Å²) in [5.74, 6) is 1.25. The first kappa shape index (κ1) is 13.6. The van der Waals surface area contributed by atoms with Gasteiger partial charge in [0.1, 0.15) is 0 Å². The minimum absolute atomic E-state index is 0.119. The van der Waals surface area contributed by atoms with Gasteiger partial charge in [0.25, 0.3) is 0 Å². The fraction of sp³-hybridized carbons (Fsp3) is 0.769. The average molecular weight is 241 g/mol. The molecule has 0 saturated heterocycles. The third kappa shape index (κ3) is 3.55. The van der Waals surface area contributed by atoms with E-state index in [1.54, 1.807) is 6.08 Å². The first-order chi connectivity index (χ1) is 7.50. The number of nitrogens with zero attached hydrogens (tertiary/aromatic N) is 1. The van der Waals surface area contributed by atoms with Gasteiger partial charge in [0.2, 0.25) is 5.91 Å². The maximum atomic E-state index is 11.9. The van der Waals surface area contributed by atoms with Gasteiger partial charge < -0.3 is 4.90 Å². The van der Waals surface area contributed by atoms with Gasteiger partial charge in [-0.2, -0.15) is 0 Å². The van der Waals surface area contributed by atoms with E-state index in [4.69, 9.17) is 0 Å². The van der Waals surface area contributed by atoms with E-state index in [0.717, 1.165) is 25.1 Å². The number of rotatable bonds is 5. The molecule has 2 nitrogen and oxygen atoms in total. The molecule has 0 aliphatic carbocycles. The number of amides is 1. The smallest absolute Gasteiger partial charge is 0.247 e. The topological polar surface area (TPSA) is 20.3 Å². The molecule has 0 fully saturated rings. The van der Waals surface area contributed by atoms with Gasteiger partial charge in [-0.05, 0) is 18.2 Å². The second-order valence-corrected chi connectivity index (χ2v) is 6.44. The molecule has 1 unspecified atom stereocenters. The van der Waals surface area contributed by atoms with Crippen molar-refractivity contribution >= 4 is 17.7 Å². The molecule has 0 spiro atoms. The van der Waals surface area contributed by atoms with Gasteiger partial charge in [-0.15, -0.1) is 11.8 Å². The normalized spacial score (nSPS) is 21.2. The first-order valence-corrected chi connectivity index (χ1v) is 7.16. The summed E-state index contributed by atoms with van der Waals surface area (Å²) in [4.78, 5) is 13.9. The van der Waals surface area contributed by atoms with Crippen molar-refractivity contribution in [2.75, 3.05) is 12.3 Å². The van der Waals surface area contributed by atoms with Crippen LogP contribution in [0.1, 0.15) is 40.5 Å². The minimum Gasteiger partial charge on any atom is -0.326 e. The molecule has 0 bridgehead atoms. The Bertz CT molecular complexity index is 267. The van der Waals surface area contributed by atoms with Crippen molar-refractivity contribution < 1.29 is 4.79 Å². The summed E-state index contributed by atoms with van der Waals surface area (Å²) in [7, 11) is 0. The van der Waals surface area contributed by atoms with E-state index >= 15 is 0 Å². The number of hydrogen-bond donors (Lipinski definition) is 0. The maximum absolute atomic E-state index is 11.9. The fourth-order valence-electron chi connectivity index (χ4n) is 1.97. The van der Waals surface area contributed by atoms with Crippen LogP contribution in [0.5, 0.6) is 0 Å². The summed E-state index contributed by atoms with van der Waals surface area (Å²) < 4.78 is 0. The van der Waals surface area contributed by atoms with Crippen LogP contribution in [0.4, 0.5) is 0 Å². The highest BCUT2D eigenvalue weighted by Crippen LogP contribution is 2.29. The third-order valence-corrected chi connectivity index (χ3v) is 3.99. The van der Waals surface area contributed by atoms with Gasteiger partial charge in [0.15, 0.2) is 0 Å². The second kappa shape index (κ2) is 5.76. The van der Waals surface area contributed by atoms with Gasteiger partial charge in [-0.3, -0.25) is 4.79 Å². The summed E-state index contributed by atoms with van der Waals surface area (Å²) in [6.07, 6.45) is 5.99. The van der Waals surface area contributed by atoms with Crippen LogP contribution in [0.2, 0.25) is 0 Å². The highest BCUT2D eigenvalue weighted by Gasteiger charge is 2.30. The Labute approximate surface area is 103 Å². The van der Waals surface area contributed by atoms with E-state index in [1.807, 2.05) is 22.7 Å². The van der Waals surface area contributed by atoms with Crippen molar-refractivity contribution in [3.05, 3.63) is 12.2 Å². The van der Waals surface area contributed by atoms with Crippen molar-refractivity contribution in [2.24, 2.45) is 5.41 Å². The van der Waals surface area contributed by atoms with Crippen LogP contribution in [0.25, 0.3) is 0 Å². The lowest BCUT2D eigenvalue weighted by atomic mass is 9.89. The molecule has 1 atom stereocenters. The van der Waals surface area contributed by atoms with Crippen LogP contribution in [0.15, 0.2) is 12.2 Å². The first-order valence-electron chi connectivity index (χ1n) is 6.11. The summed E-state index contributed by atoms with van der Waals surface area (Å²) in [6.45, 7) is 9.55. The molecule has 3 heteroatoms. The van der Waals surface area contributed by atoms with Crippen LogP contribution < -0.4 is 0 Å². The lowest BCUT2D eigenvalue weighted by Crippen LogP contribution is -2.45. The quantitative estimate of drug-likeness (QED) is 0.736. The lowest BCUT2D eigenvalue weighted by Gasteiger charge is -2.38.